The quantitative estimate of drug-likeness (QED) is 0.329. The molecule has 1 aliphatic heterocycles. The van der Waals surface area contributed by atoms with Gasteiger partial charge in [0.05, 0.1) is 6.61 Å². The summed E-state index contributed by atoms with van der Waals surface area (Å²) < 4.78 is 11.6. The summed E-state index contributed by atoms with van der Waals surface area (Å²) in [6.07, 6.45) is 5.58. The van der Waals surface area contributed by atoms with E-state index in [-0.39, 0.29) is 5.82 Å². The third-order valence-electron chi connectivity index (χ3n) is 6.53. The molecular weight excluding hydrogens is 466 g/mol. The molecule has 1 fully saturated rings. The molecule has 2 aromatic heterocycles. The van der Waals surface area contributed by atoms with Gasteiger partial charge in [0.25, 0.3) is 5.91 Å². The third kappa shape index (κ3) is 6.59. The van der Waals surface area contributed by atoms with E-state index < -0.39 is 5.91 Å². The molecule has 2 N–H and O–H groups in total. The zero-order valence-corrected chi connectivity index (χ0v) is 20.9. The molecule has 0 radical (unpaired) electrons. The molecular formula is C29H31N5O3. The Labute approximate surface area is 216 Å². The second-order valence-electron chi connectivity index (χ2n) is 9.36. The SMILES string of the molecule is Cc1ccc(OCCC2CCCOC2)cc1-c1ccnc(NC(=O)c2nnc(Cc3ccccc3)[nH]2)c1. The predicted octanol–water partition coefficient (Wildman–Crippen LogP) is 5.21. The molecule has 8 heteroatoms. The highest BCUT2D eigenvalue weighted by atomic mass is 16.5. The van der Waals surface area contributed by atoms with Crippen molar-refractivity contribution in [2.45, 2.75) is 32.6 Å². The number of benzene rings is 2. The van der Waals surface area contributed by atoms with Crippen molar-refractivity contribution in [1.82, 2.24) is 20.2 Å². The number of hydrogen-bond acceptors (Lipinski definition) is 6. The molecule has 0 spiro atoms. The van der Waals surface area contributed by atoms with Crippen molar-refractivity contribution in [3.05, 3.63) is 89.6 Å². The smallest absolute Gasteiger partial charge is 0.294 e. The first-order valence-corrected chi connectivity index (χ1v) is 12.7. The van der Waals surface area contributed by atoms with Gasteiger partial charge >= 0.3 is 0 Å². The van der Waals surface area contributed by atoms with Crippen LogP contribution in [0.5, 0.6) is 5.75 Å². The first-order chi connectivity index (χ1) is 18.1. The molecule has 2 aromatic carbocycles. The number of rotatable bonds is 9. The highest BCUT2D eigenvalue weighted by molar-refractivity contribution is 6.01. The highest BCUT2D eigenvalue weighted by Crippen LogP contribution is 2.29. The molecule has 5 rings (SSSR count). The Bertz CT molecular complexity index is 1330. The number of nitrogens with zero attached hydrogens (tertiary/aromatic N) is 3. The number of nitrogens with one attached hydrogen (secondary N) is 2. The minimum atomic E-state index is -0.392. The van der Waals surface area contributed by atoms with E-state index in [4.69, 9.17) is 9.47 Å². The van der Waals surface area contributed by atoms with Crippen molar-refractivity contribution in [2.75, 3.05) is 25.1 Å². The van der Waals surface area contributed by atoms with Crippen LogP contribution in [0.25, 0.3) is 11.1 Å². The third-order valence-corrected chi connectivity index (χ3v) is 6.53. The number of carbonyl (C=O) groups is 1. The first kappa shape index (κ1) is 24.6. The molecule has 1 atom stereocenters. The van der Waals surface area contributed by atoms with Crippen LogP contribution in [0.15, 0.2) is 66.9 Å². The summed E-state index contributed by atoms with van der Waals surface area (Å²) in [5.41, 5.74) is 4.17. The Hall–Kier alpha value is -4.04. The van der Waals surface area contributed by atoms with Crippen molar-refractivity contribution in [3.8, 4) is 16.9 Å². The number of aromatic nitrogens is 4. The number of pyridine rings is 1. The van der Waals surface area contributed by atoms with Gasteiger partial charge in [0.2, 0.25) is 5.82 Å². The number of carbonyl (C=O) groups excluding carboxylic acids is 1. The molecule has 0 aliphatic carbocycles. The Morgan fingerprint density at radius 2 is 2.03 bits per heavy atom. The van der Waals surface area contributed by atoms with Gasteiger partial charge in [0.1, 0.15) is 17.4 Å². The standard InChI is InChI=1S/C29H31N5O3/c1-20-9-10-24(37-15-12-22-8-5-14-36-19-22)18-25(20)23-11-13-30-26(17-23)32-29(35)28-31-27(33-34-28)16-21-6-3-2-4-7-21/h2-4,6-7,9-11,13,17-18,22H,5,8,12,14-16,19H2,1H3,(H,30,32,35)(H,31,33,34). The van der Waals surface area contributed by atoms with Crippen molar-refractivity contribution < 1.29 is 14.3 Å². The van der Waals surface area contributed by atoms with Crippen LogP contribution in [0.3, 0.4) is 0 Å². The van der Waals surface area contributed by atoms with Crippen molar-refractivity contribution >= 4 is 11.7 Å². The van der Waals surface area contributed by atoms with E-state index in [0.717, 1.165) is 54.1 Å². The van der Waals surface area contributed by atoms with Crippen LogP contribution in [0.2, 0.25) is 0 Å². The molecule has 1 unspecified atom stereocenters. The lowest BCUT2D eigenvalue weighted by Gasteiger charge is -2.22. The van der Waals surface area contributed by atoms with Crippen molar-refractivity contribution in [2.24, 2.45) is 5.92 Å². The average Bonchev–Trinajstić information content (AvgIpc) is 3.40. The fourth-order valence-corrected chi connectivity index (χ4v) is 4.49. The van der Waals surface area contributed by atoms with Crippen LogP contribution in [0, 0.1) is 12.8 Å². The Kier molecular flexibility index (Phi) is 7.86. The lowest BCUT2D eigenvalue weighted by molar-refractivity contribution is 0.0462. The van der Waals surface area contributed by atoms with Crippen LogP contribution in [-0.2, 0) is 11.2 Å². The molecule has 1 saturated heterocycles. The summed E-state index contributed by atoms with van der Waals surface area (Å²) in [5, 5.41) is 10.9. The van der Waals surface area contributed by atoms with Crippen molar-refractivity contribution in [3.63, 3.8) is 0 Å². The number of ether oxygens (including phenoxy) is 2. The summed E-state index contributed by atoms with van der Waals surface area (Å²) in [6.45, 7) is 4.43. The lowest BCUT2D eigenvalue weighted by atomic mass is 9.99. The average molecular weight is 498 g/mol. The van der Waals surface area contributed by atoms with Gasteiger partial charge in [-0.05, 0) is 78.6 Å². The number of amides is 1. The Morgan fingerprint density at radius 3 is 2.86 bits per heavy atom. The van der Waals surface area contributed by atoms with Crippen molar-refractivity contribution in [1.29, 1.82) is 0 Å². The number of H-pyrrole nitrogens is 1. The molecule has 1 aliphatic rings. The van der Waals surface area contributed by atoms with Gasteiger partial charge in [-0.25, -0.2) is 4.98 Å². The fourth-order valence-electron chi connectivity index (χ4n) is 4.49. The summed E-state index contributed by atoms with van der Waals surface area (Å²) in [7, 11) is 0. The maximum Gasteiger partial charge on any atom is 0.294 e. The molecule has 8 nitrogen and oxygen atoms in total. The van der Waals surface area contributed by atoms with Gasteiger partial charge in [-0.2, -0.15) is 0 Å². The van der Waals surface area contributed by atoms with Crippen LogP contribution in [0.1, 0.15) is 46.8 Å². The van der Waals surface area contributed by atoms with E-state index in [1.807, 2.05) is 54.6 Å². The van der Waals surface area contributed by atoms with E-state index >= 15 is 0 Å². The number of hydrogen-bond donors (Lipinski definition) is 2. The Balaban J connectivity index is 1.23. The second-order valence-corrected chi connectivity index (χ2v) is 9.36. The van der Waals surface area contributed by atoms with Gasteiger partial charge in [-0.3, -0.25) is 4.79 Å². The molecule has 4 aromatic rings. The normalized spacial score (nSPS) is 15.3. The van der Waals surface area contributed by atoms with Gasteiger partial charge in [-0.15, -0.1) is 10.2 Å². The van der Waals surface area contributed by atoms with Crippen LogP contribution in [-0.4, -0.2) is 45.9 Å². The number of aromatic amines is 1. The summed E-state index contributed by atoms with van der Waals surface area (Å²) in [5.74, 6) is 2.22. The summed E-state index contributed by atoms with van der Waals surface area (Å²) in [4.78, 5) is 20.1. The molecule has 0 bridgehead atoms. The van der Waals surface area contributed by atoms with E-state index in [0.29, 0.717) is 30.6 Å². The number of aryl methyl sites for hydroxylation is 1. The van der Waals surface area contributed by atoms with Gasteiger partial charge in [-0.1, -0.05) is 36.4 Å². The topological polar surface area (TPSA) is 102 Å². The largest absolute Gasteiger partial charge is 0.494 e. The molecule has 3 heterocycles. The van der Waals surface area contributed by atoms with E-state index in [1.165, 1.54) is 6.42 Å². The monoisotopic (exact) mass is 497 g/mol. The van der Waals surface area contributed by atoms with Gasteiger partial charge in [0, 0.05) is 25.8 Å². The summed E-state index contributed by atoms with van der Waals surface area (Å²) in [6, 6.07) is 19.8. The second kappa shape index (κ2) is 11.8. The highest BCUT2D eigenvalue weighted by Gasteiger charge is 2.15. The summed E-state index contributed by atoms with van der Waals surface area (Å²) >= 11 is 0. The molecule has 190 valence electrons. The predicted molar refractivity (Wildman–Crippen MR) is 142 cm³/mol. The fraction of sp³-hybridized carbons (Fsp3) is 0.310. The minimum absolute atomic E-state index is 0.146. The minimum Gasteiger partial charge on any atom is -0.494 e. The van der Waals surface area contributed by atoms with E-state index in [9.17, 15) is 4.79 Å². The first-order valence-electron chi connectivity index (χ1n) is 12.7. The maximum absolute atomic E-state index is 12.8. The number of anilines is 1. The van der Waals surface area contributed by atoms with Crippen LogP contribution >= 0.6 is 0 Å². The maximum atomic E-state index is 12.8. The zero-order valence-electron chi connectivity index (χ0n) is 20.9. The Morgan fingerprint density at radius 1 is 1.14 bits per heavy atom. The van der Waals surface area contributed by atoms with E-state index in [2.05, 4.69) is 38.5 Å². The van der Waals surface area contributed by atoms with Gasteiger partial charge < -0.3 is 19.8 Å². The van der Waals surface area contributed by atoms with Gasteiger partial charge in [0.15, 0.2) is 0 Å². The molecule has 1 amide bonds. The molecule has 37 heavy (non-hydrogen) atoms. The lowest BCUT2D eigenvalue weighted by Crippen LogP contribution is -2.19. The van der Waals surface area contributed by atoms with E-state index in [1.54, 1.807) is 6.20 Å². The van der Waals surface area contributed by atoms with Crippen LogP contribution < -0.4 is 10.1 Å². The molecule has 0 saturated carbocycles. The zero-order chi connectivity index (χ0) is 25.5. The van der Waals surface area contributed by atoms with Crippen LogP contribution in [0.4, 0.5) is 5.82 Å².